The minimum atomic E-state index is -3.73. The molecule has 2 heterocycles. The van der Waals surface area contributed by atoms with Gasteiger partial charge in [0.25, 0.3) is 0 Å². The van der Waals surface area contributed by atoms with Gasteiger partial charge < -0.3 is 0 Å². The highest BCUT2D eigenvalue weighted by Gasteiger charge is 2.29. The van der Waals surface area contributed by atoms with Gasteiger partial charge in [0.2, 0.25) is 10.0 Å². The van der Waals surface area contributed by atoms with Crippen molar-refractivity contribution in [2.45, 2.75) is 23.9 Å². The molecule has 0 aliphatic carbocycles. The number of halogens is 2. The molecular formula is C15H16Cl2N2O2S2. The van der Waals surface area contributed by atoms with Gasteiger partial charge in [-0.1, -0.05) is 29.3 Å². The third-order valence-electron chi connectivity index (χ3n) is 3.77. The number of hydrogen-bond donors (Lipinski definition) is 1. The molecule has 3 rings (SSSR count). The van der Waals surface area contributed by atoms with Gasteiger partial charge in [-0.25, -0.2) is 13.1 Å². The molecule has 0 bridgehead atoms. The molecule has 1 unspecified atom stereocenters. The predicted molar refractivity (Wildman–Crippen MR) is 94.8 cm³/mol. The molecule has 0 amide bonds. The molecule has 1 saturated heterocycles. The molecule has 1 fully saturated rings. The van der Waals surface area contributed by atoms with Crippen LogP contribution in [0.15, 0.2) is 39.9 Å². The van der Waals surface area contributed by atoms with Crippen LogP contribution in [0.4, 0.5) is 0 Å². The van der Waals surface area contributed by atoms with Crippen LogP contribution in [-0.4, -0.2) is 32.4 Å². The van der Waals surface area contributed by atoms with Gasteiger partial charge in [0, 0.05) is 25.7 Å². The number of sulfonamides is 1. The van der Waals surface area contributed by atoms with Crippen LogP contribution >= 0.6 is 34.5 Å². The van der Waals surface area contributed by atoms with Crippen molar-refractivity contribution in [3.05, 3.63) is 50.6 Å². The van der Waals surface area contributed by atoms with E-state index in [0.717, 1.165) is 19.5 Å². The molecule has 8 heteroatoms. The van der Waals surface area contributed by atoms with Crippen molar-refractivity contribution in [3.8, 4) is 0 Å². The minimum absolute atomic E-state index is 0.0420. The number of likely N-dealkylation sites (tertiary alicyclic amines) is 1. The lowest BCUT2D eigenvalue weighted by atomic mass is 10.3. The Morgan fingerprint density at radius 1 is 1.26 bits per heavy atom. The van der Waals surface area contributed by atoms with Crippen LogP contribution < -0.4 is 4.72 Å². The van der Waals surface area contributed by atoms with Gasteiger partial charge in [-0.2, -0.15) is 11.3 Å². The molecule has 1 aromatic heterocycles. The second kappa shape index (κ2) is 7.09. The highest BCUT2D eigenvalue weighted by Crippen LogP contribution is 2.29. The number of thiophene rings is 1. The van der Waals surface area contributed by atoms with Crippen molar-refractivity contribution in [1.29, 1.82) is 0 Å². The van der Waals surface area contributed by atoms with Crippen LogP contribution in [0.5, 0.6) is 0 Å². The quantitative estimate of drug-likeness (QED) is 0.847. The van der Waals surface area contributed by atoms with E-state index in [4.69, 9.17) is 23.2 Å². The fourth-order valence-electron chi connectivity index (χ4n) is 2.73. The van der Waals surface area contributed by atoms with E-state index in [-0.39, 0.29) is 21.0 Å². The Labute approximate surface area is 150 Å². The summed E-state index contributed by atoms with van der Waals surface area (Å²) in [6.07, 6.45) is 0.769. The summed E-state index contributed by atoms with van der Waals surface area (Å²) in [6.45, 7) is 2.38. The SMILES string of the molecule is O=S(=O)(NC1CCN(Cc2ccsc2)C1)c1c(Cl)cccc1Cl. The smallest absolute Gasteiger partial charge is 0.243 e. The highest BCUT2D eigenvalue weighted by molar-refractivity contribution is 7.89. The Balaban J connectivity index is 1.67. The van der Waals surface area contributed by atoms with Crippen LogP contribution in [0, 0.1) is 0 Å². The molecule has 1 aliphatic rings. The van der Waals surface area contributed by atoms with E-state index in [0.29, 0.717) is 6.54 Å². The number of nitrogens with one attached hydrogen (secondary N) is 1. The molecule has 124 valence electrons. The largest absolute Gasteiger partial charge is 0.297 e. The first-order valence-corrected chi connectivity index (χ1v) is 10.3. The molecule has 0 radical (unpaired) electrons. The van der Waals surface area contributed by atoms with E-state index in [1.165, 1.54) is 17.7 Å². The molecule has 1 N–H and O–H groups in total. The van der Waals surface area contributed by atoms with E-state index in [1.807, 2.05) is 5.38 Å². The maximum absolute atomic E-state index is 12.6. The fourth-order valence-corrected chi connectivity index (χ4v) is 5.80. The van der Waals surface area contributed by atoms with Crippen LogP contribution in [0.2, 0.25) is 10.0 Å². The van der Waals surface area contributed by atoms with Crippen molar-refractivity contribution in [1.82, 2.24) is 9.62 Å². The van der Waals surface area contributed by atoms with Crippen molar-refractivity contribution >= 4 is 44.6 Å². The molecule has 23 heavy (non-hydrogen) atoms. The average Bonchev–Trinajstić information content (AvgIpc) is 3.10. The van der Waals surface area contributed by atoms with Crippen LogP contribution in [0.25, 0.3) is 0 Å². The number of benzene rings is 1. The first-order valence-electron chi connectivity index (χ1n) is 7.15. The Morgan fingerprint density at radius 3 is 2.65 bits per heavy atom. The topological polar surface area (TPSA) is 49.4 Å². The first kappa shape index (κ1) is 17.2. The standard InChI is InChI=1S/C15H16Cl2N2O2S2/c16-13-2-1-3-14(17)15(13)23(20,21)18-12-4-6-19(9-12)8-11-5-7-22-10-11/h1-3,5,7,10,12,18H,4,6,8-9H2. The van der Waals surface area contributed by atoms with Crippen LogP contribution in [0.3, 0.4) is 0 Å². The lowest BCUT2D eigenvalue weighted by Crippen LogP contribution is -2.37. The maximum atomic E-state index is 12.6. The lowest BCUT2D eigenvalue weighted by molar-refractivity contribution is 0.325. The molecule has 0 spiro atoms. The molecule has 1 aromatic carbocycles. The summed E-state index contributed by atoms with van der Waals surface area (Å²) in [5.74, 6) is 0. The van der Waals surface area contributed by atoms with Gasteiger partial charge in [0.15, 0.2) is 0 Å². The van der Waals surface area contributed by atoms with E-state index >= 15 is 0 Å². The summed E-state index contributed by atoms with van der Waals surface area (Å²) < 4.78 is 27.8. The summed E-state index contributed by atoms with van der Waals surface area (Å²) in [5.41, 5.74) is 1.26. The van der Waals surface area contributed by atoms with E-state index in [1.54, 1.807) is 17.4 Å². The van der Waals surface area contributed by atoms with Crippen molar-refractivity contribution in [2.24, 2.45) is 0 Å². The summed E-state index contributed by atoms with van der Waals surface area (Å²) in [4.78, 5) is 2.20. The third-order valence-corrected chi connectivity index (χ3v) is 6.98. The van der Waals surface area contributed by atoms with Gasteiger partial charge in [0.05, 0.1) is 10.0 Å². The van der Waals surface area contributed by atoms with E-state index in [2.05, 4.69) is 21.1 Å². The van der Waals surface area contributed by atoms with E-state index in [9.17, 15) is 8.42 Å². The molecular weight excluding hydrogens is 375 g/mol. The second-order valence-electron chi connectivity index (χ2n) is 5.52. The summed E-state index contributed by atoms with van der Waals surface area (Å²) in [7, 11) is -3.73. The average molecular weight is 391 g/mol. The normalized spacial score (nSPS) is 19.3. The molecule has 4 nitrogen and oxygen atoms in total. The van der Waals surface area contributed by atoms with E-state index < -0.39 is 10.0 Å². The Bertz CT molecular complexity index is 759. The highest BCUT2D eigenvalue weighted by atomic mass is 35.5. The van der Waals surface area contributed by atoms with Crippen LogP contribution in [0.1, 0.15) is 12.0 Å². The van der Waals surface area contributed by atoms with Crippen molar-refractivity contribution in [3.63, 3.8) is 0 Å². The molecule has 2 aromatic rings. The third kappa shape index (κ3) is 4.07. The molecule has 1 atom stereocenters. The zero-order chi connectivity index (χ0) is 16.4. The summed E-state index contributed by atoms with van der Waals surface area (Å²) in [5, 5.41) is 4.43. The Hall–Kier alpha value is -0.630. The monoisotopic (exact) mass is 390 g/mol. The summed E-state index contributed by atoms with van der Waals surface area (Å²) >= 11 is 13.7. The number of nitrogens with zero attached hydrogens (tertiary/aromatic N) is 1. The maximum Gasteiger partial charge on any atom is 0.243 e. The van der Waals surface area contributed by atoms with Gasteiger partial charge in [-0.15, -0.1) is 0 Å². The lowest BCUT2D eigenvalue weighted by Gasteiger charge is -2.17. The first-order chi connectivity index (χ1) is 11.0. The zero-order valence-electron chi connectivity index (χ0n) is 12.2. The number of rotatable bonds is 5. The second-order valence-corrected chi connectivity index (χ2v) is 8.77. The predicted octanol–water partition coefficient (Wildman–Crippen LogP) is 3.61. The number of hydrogen-bond acceptors (Lipinski definition) is 4. The molecule has 0 saturated carbocycles. The van der Waals surface area contributed by atoms with Gasteiger partial charge in [-0.3, -0.25) is 4.90 Å². The zero-order valence-corrected chi connectivity index (χ0v) is 15.4. The fraction of sp³-hybridized carbons (Fsp3) is 0.333. The van der Waals surface area contributed by atoms with Gasteiger partial charge >= 0.3 is 0 Å². The van der Waals surface area contributed by atoms with Gasteiger partial charge in [0.1, 0.15) is 4.90 Å². The summed E-state index contributed by atoms with van der Waals surface area (Å²) in [6, 6.07) is 6.64. The van der Waals surface area contributed by atoms with Crippen molar-refractivity contribution < 1.29 is 8.42 Å². The molecule has 1 aliphatic heterocycles. The van der Waals surface area contributed by atoms with Gasteiger partial charge in [-0.05, 0) is 40.9 Å². The van der Waals surface area contributed by atoms with Crippen molar-refractivity contribution in [2.75, 3.05) is 13.1 Å². The van der Waals surface area contributed by atoms with Crippen LogP contribution in [-0.2, 0) is 16.6 Å². The Morgan fingerprint density at radius 2 is 2.00 bits per heavy atom. The minimum Gasteiger partial charge on any atom is -0.297 e. The Kier molecular flexibility index (Phi) is 5.30.